The SMILES string of the molecule is CC(C)C1CC1(N)c1cccs1. The molecular formula is C10H15NS. The molecule has 66 valence electrons. The fourth-order valence-corrected chi connectivity index (χ4v) is 2.88. The van der Waals surface area contributed by atoms with Gasteiger partial charge in [0.05, 0.1) is 5.54 Å². The Hall–Kier alpha value is -0.340. The quantitative estimate of drug-likeness (QED) is 0.745. The molecule has 0 spiro atoms. The third-order valence-corrected chi connectivity index (χ3v) is 3.91. The normalized spacial score (nSPS) is 34.2. The highest BCUT2D eigenvalue weighted by Gasteiger charge is 2.53. The molecule has 0 saturated heterocycles. The van der Waals surface area contributed by atoms with Crippen LogP contribution in [0.5, 0.6) is 0 Å². The maximum Gasteiger partial charge on any atom is 0.0539 e. The van der Waals surface area contributed by atoms with Gasteiger partial charge in [0.15, 0.2) is 0 Å². The van der Waals surface area contributed by atoms with Crippen LogP contribution in [0.4, 0.5) is 0 Å². The summed E-state index contributed by atoms with van der Waals surface area (Å²) in [5.41, 5.74) is 6.30. The van der Waals surface area contributed by atoms with Crippen LogP contribution in [-0.4, -0.2) is 0 Å². The van der Waals surface area contributed by atoms with Crippen molar-refractivity contribution in [3.05, 3.63) is 22.4 Å². The van der Waals surface area contributed by atoms with Gasteiger partial charge >= 0.3 is 0 Å². The lowest BCUT2D eigenvalue weighted by atomic mass is 10.0. The molecule has 0 aromatic carbocycles. The molecule has 1 nitrogen and oxygen atoms in total. The molecule has 1 aromatic heterocycles. The van der Waals surface area contributed by atoms with E-state index >= 15 is 0 Å². The zero-order valence-corrected chi connectivity index (χ0v) is 8.40. The van der Waals surface area contributed by atoms with Crippen LogP contribution in [0.25, 0.3) is 0 Å². The zero-order valence-electron chi connectivity index (χ0n) is 7.58. The Morgan fingerprint density at radius 1 is 1.67 bits per heavy atom. The molecule has 1 fully saturated rings. The van der Waals surface area contributed by atoms with E-state index in [1.807, 2.05) is 0 Å². The van der Waals surface area contributed by atoms with Crippen molar-refractivity contribution < 1.29 is 0 Å². The maximum absolute atomic E-state index is 6.27. The Balaban J connectivity index is 2.17. The summed E-state index contributed by atoms with van der Waals surface area (Å²) >= 11 is 1.79. The summed E-state index contributed by atoms with van der Waals surface area (Å²) in [6, 6.07) is 4.25. The minimum atomic E-state index is 0.0301. The Morgan fingerprint density at radius 2 is 2.42 bits per heavy atom. The highest BCUT2D eigenvalue weighted by molar-refractivity contribution is 7.10. The molecule has 2 heteroatoms. The molecule has 12 heavy (non-hydrogen) atoms. The van der Waals surface area contributed by atoms with Gasteiger partial charge < -0.3 is 5.73 Å². The minimum Gasteiger partial charge on any atom is -0.320 e. The summed E-state index contributed by atoms with van der Waals surface area (Å²) in [6.45, 7) is 4.51. The van der Waals surface area contributed by atoms with E-state index in [9.17, 15) is 0 Å². The lowest BCUT2D eigenvalue weighted by molar-refractivity contribution is 0.492. The van der Waals surface area contributed by atoms with E-state index in [-0.39, 0.29) is 5.54 Å². The van der Waals surface area contributed by atoms with Gasteiger partial charge in [-0.15, -0.1) is 11.3 Å². The Kier molecular flexibility index (Phi) is 1.77. The molecule has 1 heterocycles. The van der Waals surface area contributed by atoms with Crippen molar-refractivity contribution in [3.63, 3.8) is 0 Å². The van der Waals surface area contributed by atoms with Crippen LogP contribution in [0.15, 0.2) is 17.5 Å². The molecule has 1 aliphatic carbocycles. The Labute approximate surface area is 77.6 Å². The van der Waals surface area contributed by atoms with Crippen LogP contribution in [0.2, 0.25) is 0 Å². The topological polar surface area (TPSA) is 26.0 Å². The van der Waals surface area contributed by atoms with Crippen LogP contribution in [0.3, 0.4) is 0 Å². The summed E-state index contributed by atoms with van der Waals surface area (Å²) in [5.74, 6) is 1.42. The number of nitrogens with two attached hydrogens (primary N) is 1. The summed E-state index contributed by atoms with van der Waals surface area (Å²) < 4.78 is 0. The standard InChI is InChI=1S/C10H15NS/c1-7(2)8-6-10(8,11)9-4-3-5-12-9/h3-5,7-8H,6,11H2,1-2H3. The molecule has 2 rings (SSSR count). The average Bonchev–Trinajstić information content (AvgIpc) is 2.52. The van der Waals surface area contributed by atoms with Gasteiger partial charge in [-0.1, -0.05) is 19.9 Å². The Morgan fingerprint density at radius 3 is 2.83 bits per heavy atom. The van der Waals surface area contributed by atoms with E-state index in [4.69, 9.17) is 5.73 Å². The lowest BCUT2D eigenvalue weighted by Gasteiger charge is -2.10. The van der Waals surface area contributed by atoms with Gasteiger partial charge in [-0.25, -0.2) is 0 Å². The monoisotopic (exact) mass is 181 g/mol. The first-order valence-corrected chi connectivity index (χ1v) is 5.35. The van der Waals surface area contributed by atoms with Gasteiger partial charge in [-0.2, -0.15) is 0 Å². The van der Waals surface area contributed by atoms with Crippen LogP contribution < -0.4 is 5.73 Å². The minimum absolute atomic E-state index is 0.0301. The summed E-state index contributed by atoms with van der Waals surface area (Å²) in [5, 5.41) is 2.11. The fraction of sp³-hybridized carbons (Fsp3) is 0.600. The van der Waals surface area contributed by atoms with Crippen LogP contribution >= 0.6 is 11.3 Å². The smallest absolute Gasteiger partial charge is 0.0539 e. The third kappa shape index (κ3) is 1.10. The molecule has 0 aliphatic heterocycles. The summed E-state index contributed by atoms with van der Waals surface area (Å²) in [7, 11) is 0. The second-order valence-corrected chi connectivity index (χ2v) is 5.02. The second kappa shape index (κ2) is 2.57. The molecular weight excluding hydrogens is 166 g/mol. The van der Waals surface area contributed by atoms with Crippen molar-refractivity contribution in [2.75, 3.05) is 0 Å². The molecule has 1 saturated carbocycles. The van der Waals surface area contributed by atoms with Gasteiger partial charge in [0.25, 0.3) is 0 Å². The molecule has 1 aromatic rings. The van der Waals surface area contributed by atoms with E-state index in [0.29, 0.717) is 5.92 Å². The maximum atomic E-state index is 6.27. The summed E-state index contributed by atoms with van der Waals surface area (Å²) in [4.78, 5) is 1.36. The average molecular weight is 181 g/mol. The highest BCUT2D eigenvalue weighted by Crippen LogP contribution is 2.54. The summed E-state index contributed by atoms with van der Waals surface area (Å²) in [6.07, 6.45) is 1.17. The number of hydrogen-bond donors (Lipinski definition) is 1. The van der Waals surface area contributed by atoms with E-state index in [0.717, 1.165) is 5.92 Å². The molecule has 2 unspecified atom stereocenters. The van der Waals surface area contributed by atoms with E-state index < -0.39 is 0 Å². The van der Waals surface area contributed by atoms with Gasteiger partial charge in [0.1, 0.15) is 0 Å². The fourth-order valence-electron chi connectivity index (χ4n) is 1.96. The zero-order chi connectivity index (χ0) is 8.77. The van der Waals surface area contributed by atoms with Crippen LogP contribution in [-0.2, 0) is 5.54 Å². The van der Waals surface area contributed by atoms with Crippen molar-refractivity contribution in [3.8, 4) is 0 Å². The van der Waals surface area contributed by atoms with E-state index in [1.54, 1.807) is 11.3 Å². The molecule has 0 amide bonds. The molecule has 1 aliphatic rings. The second-order valence-electron chi connectivity index (χ2n) is 4.07. The molecule has 0 radical (unpaired) electrons. The van der Waals surface area contributed by atoms with Gasteiger partial charge in [-0.05, 0) is 29.7 Å². The van der Waals surface area contributed by atoms with Crippen molar-refractivity contribution in [1.29, 1.82) is 0 Å². The number of rotatable bonds is 2. The first-order chi connectivity index (χ1) is 5.64. The first kappa shape index (κ1) is 8.27. The van der Waals surface area contributed by atoms with E-state index in [2.05, 4.69) is 31.4 Å². The van der Waals surface area contributed by atoms with Crippen molar-refractivity contribution in [1.82, 2.24) is 0 Å². The van der Waals surface area contributed by atoms with Crippen LogP contribution in [0.1, 0.15) is 25.1 Å². The molecule has 2 N–H and O–H groups in total. The molecule has 2 atom stereocenters. The Bertz CT molecular complexity index is 265. The number of hydrogen-bond acceptors (Lipinski definition) is 2. The lowest BCUT2D eigenvalue weighted by Crippen LogP contribution is -2.22. The first-order valence-electron chi connectivity index (χ1n) is 4.47. The predicted molar refractivity (Wildman–Crippen MR) is 53.1 cm³/mol. The highest BCUT2D eigenvalue weighted by atomic mass is 32.1. The van der Waals surface area contributed by atoms with Crippen molar-refractivity contribution in [2.45, 2.75) is 25.8 Å². The predicted octanol–water partition coefficient (Wildman–Crippen LogP) is 2.58. The van der Waals surface area contributed by atoms with E-state index in [1.165, 1.54) is 11.3 Å². The van der Waals surface area contributed by atoms with Gasteiger partial charge in [-0.3, -0.25) is 0 Å². The molecule has 0 bridgehead atoms. The van der Waals surface area contributed by atoms with Crippen molar-refractivity contribution in [2.24, 2.45) is 17.6 Å². The van der Waals surface area contributed by atoms with Crippen molar-refractivity contribution >= 4 is 11.3 Å². The van der Waals surface area contributed by atoms with Gasteiger partial charge in [0.2, 0.25) is 0 Å². The third-order valence-electron chi connectivity index (χ3n) is 2.84. The van der Waals surface area contributed by atoms with Crippen LogP contribution in [0, 0.1) is 11.8 Å². The largest absolute Gasteiger partial charge is 0.320 e. The number of thiophene rings is 1. The van der Waals surface area contributed by atoms with Gasteiger partial charge in [0, 0.05) is 4.88 Å².